The second-order valence-electron chi connectivity index (χ2n) is 5.03. The van der Waals surface area contributed by atoms with Gasteiger partial charge in [-0.15, -0.1) is 0 Å². The SMILES string of the molecule is CC(C)(C)OC(=O)COC1CC(C(=O)O)C1. The van der Waals surface area contributed by atoms with Crippen molar-refractivity contribution in [2.24, 2.45) is 5.92 Å². The van der Waals surface area contributed by atoms with Gasteiger partial charge in [-0.25, -0.2) is 4.79 Å². The Bertz CT molecular complexity index is 273. The number of esters is 1. The van der Waals surface area contributed by atoms with E-state index >= 15 is 0 Å². The third-order valence-corrected chi connectivity index (χ3v) is 2.30. The van der Waals surface area contributed by atoms with Crippen LogP contribution in [0.15, 0.2) is 0 Å². The molecule has 0 atom stereocenters. The Balaban J connectivity index is 2.13. The zero-order valence-electron chi connectivity index (χ0n) is 9.86. The summed E-state index contributed by atoms with van der Waals surface area (Å²) in [6.45, 7) is 5.26. The molecule has 1 aliphatic carbocycles. The molecular formula is C11H18O5. The molecule has 1 N–H and O–H groups in total. The number of hydrogen-bond donors (Lipinski definition) is 1. The normalized spacial score (nSPS) is 24.7. The van der Waals surface area contributed by atoms with Crippen LogP contribution >= 0.6 is 0 Å². The van der Waals surface area contributed by atoms with Crippen LogP contribution in [0.4, 0.5) is 0 Å². The highest BCUT2D eigenvalue weighted by Crippen LogP contribution is 2.30. The van der Waals surface area contributed by atoms with Crippen LogP contribution in [0.3, 0.4) is 0 Å². The topological polar surface area (TPSA) is 72.8 Å². The summed E-state index contributed by atoms with van der Waals surface area (Å²) in [7, 11) is 0. The molecule has 92 valence electrons. The van der Waals surface area contributed by atoms with E-state index in [1.807, 2.05) is 0 Å². The minimum absolute atomic E-state index is 0.103. The maximum Gasteiger partial charge on any atom is 0.332 e. The summed E-state index contributed by atoms with van der Waals surface area (Å²) in [4.78, 5) is 21.8. The minimum atomic E-state index is -0.794. The van der Waals surface area contributed by atoms with Gasteiger partial charge in [-0.3, -0.25) is 4.79 Å². The van der Waals surface area contributed by atoms with Crippen molar-refractivity contribution in [1.82, 2.24) is 0 Å². The summed E-state index contributed by atoms with van der Waals surface area (Å²) in [6.07, 6.45) is 0.851. The van der Waals surface area contributed by atoms with E-state index in [9.17, 15) is 9.59 Å². The van der Waals surface area contributed by atoms with E-state index in [4.69, 9.17) is 14.6 Å². The second-order valence-corrected chi connectivity index (χ2v) is 5.03. The first-order valence-corrected chi connectivity index (χ1v) is 5.34. The first kappa shape index (κ1) is 13.0. The lowest BCUT2D eigenvalue weighted by molar-refractivity contribution is -0.167. The summed E-state index contributed by atoms with van der Waals surface area (Å²) >= 11 is 0. The molecule has 1 saturated carbocycles. The van der Waals surface area contributed by atoms with E-state index in [0.717, 1.165) is 0 Å². The molecule has 0 aromatic carbocycles. The fraction of sp³-hybridized carbons (Fsp3) is 0.818. The third-order valence-electron chi connectivity index (χ3n) is 2.30. The number of carboxylic acids is 1. The fourth-order valence-electron chi connectivity index (χ4n) is 1.46. The summed E-state index contributed by atoms with van der Waals surface area (Å²) in [5.41, 5.74) is -0.510. The lowest BCUT2D eigenvalue weighted by Gasteiger charge is -2.32. The number of ether oxygens (including phenoxy) is 2. The van der Waals surface area contributed by atoms with Crippen molar-refractivity contribution >= 4 is 11.9 Å². The average molecular weight is 230 g/mol. The number of carbonyl (C=O) groups is 2. The van der Waals surface area contributed by atoms with Crippen molar-refractivity contribution in [3.05, 3.63) is 0 Å². The summed E-state index contributed by atoms with van der Waals surface area (Å²) < 4.78 is 10.3. The standard InChI is InChI=1S/C11H18O5/c1-11(2,3)16-9(12)6-15-8-4-7(5-8)10(13)14/h7-8H,4-6H2,1-3H3,(H,13,14). The molecule has 5 heteroatoms. The predicted molar refractivity (Wildman–Crippen MR) is 55.9 cm³/mol. The first-order valence-electron chi connectivity index (χ1n) is 5.34. The van der Waals surface area contributed by atoms with Gasteiger partial charge in [0.25, 0.3) is 0 Å². The Morgan fingerprint density at radius 2 is 1.88 bits per heavy atom. The van der Waals surface area contributed by atoms with Crippen LogP contribution < -0.4 is 0 Å². The number of carboxylic acid groups (broad SMARTS) is 1. The van der Waals surface area contributed by atoms with Gasteiger partial charge in [0.05, 0.1) is 12.0 Å². The number of rotatable bonds is 4. The van der Waals surface area contributed by atoms with Crippen LogP contribution in [0.1, 0.15) is 33.6 Å². The number of carbonyl (C=O) groups excluding carboxylic acids is 1. The van der Waals surface area contributed by atoms with E-state index in [-0.39, 0.29) is 18.6 Å². The second kappa shape index (κ2) is 4.82. The van der Waals surface area contributed by atoms with Gasteiger partial charge in [0.1, 0.15) is 12.2 Å². The van der Waals surface area contributed by atoms with Crippen molar-refractivity contribution < 1.29 is 24.2 Å². The van der Waals surface area contributed by atoms with Gasteiger partial charge in [-0.1, -0.05) is 0 Å². The molecule has 0 radical (unpaired) electrons. The van der Waals surface area contributed by atoms with Crippen LogP contribution in [-0.4, -0.2) is 35.4 Å². The van der Waals surface area contributed by atoms with Crippen LogP contribution in [0, 0.1) is 5.92 Å². The minimum Gasteiger partial charge on any atom is -0.481 e. The van der Waals surface area contributed by atoms with Gasteiger partial charge in [0, 0.05) is 0 Å². The molecule has 1 fully saturated rings. The first-order chi connectivity index (χ1) is 7.28. The lowest BCUT2D eigenvalue weighted by Crippen LogP contribution is -2.38. The van der Waals surface area contributed by atoms with E-state index in [0.29, 0.717) is 12.8 Å². The van der Waals surface area contributed by atoms with Gasteiger partial charge in [-0.2, -0.15) is 0 Å². The summed E-state index contributed by atoms with van der Waals surface area (Å²) in [5.74, 6) is -1.52. The zero-order chi connectivity index (χ0) is 12.3. The van der Waals surface area contributed by atoms with E-state index < -0.39 is 17.5 Å². The van der Waals surface area contributed by atoms with E-state index in [1.165, 1.54) is 0 Å². The fourth-order valence-corrected chi connectivity index (χ4v) is 1.46. The van der Waals surface area contributed by atoms with Gasteiger partial charge in [0.2, 0.25) is 0 Å². The molecule has 0 bridgehead atoms. The molecule has 1 rings (SSSR count). The van der Waals surface area contributed by atoms with Crippen molar-refractivity contribution in [3.63, 3.8) is 0 Å². The van der Waals surface area contributed by atoms with Crippen molar-refractivity contribution in [3.8, 4) is 0 Å². The van der Waals surface area contributed by atoms with Crippen LogP contribution in [0.5, 0.6) is 0 Å². The molecule has 0 aliphatic heterocycles. The Morgan fingerprint density at radius 3 is 2.31 bits per heavy atom. The maximum absolute atomic E-state index is 11.3. The molecule has 1 aliphatic rings. The largest absolute Gasteiger partial charge is 0.481 e. The molecule has 16 heavy (non-hydrogen) atoms. The predicted octanol–water partition coefficient (Wildman–Crippen LogP) is 1.21. The molecule has 0 saturated heterocycles. The van der Waals surface area contributed by atoms with Crippen molar-refractivity contribution in [2.75, 3.05) is 6.61 Å². The van der Waals surface area contributed by atoms with Gasteiger partial charge in [0.15, 0.2) is 0 Å². The Labute approximate surface area is 94.7 Å². The Kier molecular flexibility index (Phi) is 3.91. The highest BCUT2D eigenvalue weighted by Gasteiger charge is 2.35. The van der Waals surface area contributed by atoms with Crippen LogP contribution in [0.25, 0.3) is 0 Å². The van der Waals surface area contributed by atoms with Crippen molar-refractivity contribution in [1.29, 1.82) is 0 Å². The molecule has 0 heterocycles. The Morgan fingerprint density at radius 1 is 1.31 bits per heavy atom. The molecule has 0 aromatic rings. The van der Waals surface area contributed by atoms with Gasteiger partial charge in [-0.05, 0) is 33.6 Å². The molecular weight excluding hydrogens is 212 g/mol. The summed E-state index contributed by atoms with van der Waals surface area (Å²) in [6, 6.07) is 0. The average Bonchev–Trinajstić information content (AvgIpc) is 1.96. The molecule has 0 unspecified atom stereocenters. The van der Waals surface area contributed by atoms with Crippen LogP contribution in [-0.2, 0) is 19.1 Å². The highest BCUT2D eigenvalue weighted by molar-refractivity contribution is 5.72. The quantitative estimate of drug-likeness (QED) is 0.735. The van der Waals surface area contributed by atoms with E-state index in [1.54, 1.807) is 20.8 Å². The smallest absolute Gasteiger partial charge is 0.332 e. The van der Waals surface area contributed by atoms with Gasteiger partial charge >= 0.3 is 11.9 Å². The molecule has 0 aromatic heterocycles. The highest BCUT2D eigenvalue weighted by atomic mass is 16.6. The molecule has 5 nitrogen and oxygen atoms in total. The zero-order valence-corrected chi connectivity index (χ0v) is 9.86. The number of aliphatic carboxylic acids is 1. The van der Waals surface area contributed by atoms with Crippen molar-refractivity contribution in [2.45, 2.75) is 45.3 Å². The molecule has 0 amide bonds. The maximum atomic E-state index is 11.3. The Hall–Kier alpha value is -1.10. The monoisotopic (exact) mass is 230 g/mol. The number of hydrogen-bond acceptors (Lipinski definition) is 4. The van der Waals surface area contributed by atoms with Gasteiger partial charge < -0.3 is 14.6 Å². The third kappa shape index (κ3) is 4.18. The molecule has 0 spiro atoms. The van der Waals surface area contributed by atoms with E-state index in [2.05, 4.69) is 0 Å². The van der Waals surface area contributed by atoms with Crippen LogP contribution in [0.2, 0.25) is 0 Å². The lowest BCUT2D eigenvalue weighted by atomic mass is 9.82. The summed E-state index contributed by atoms with van der Waals surface area (Å²) in [5, 5.41) is 8.63.